The first-order chi connectivity index (χ1) is 13.5. The lowest BCUT2D eigenvalue weighted by Crippen LogP contribution is -2.15. The standard InChI is InChI=1S/C7H6N4O.C6H8N2O2.C3H6O3/c12-7(10-3-1-8-5-10)11-4-2-9-6-11;1-10-4-6(9)8-3-2-7-5-8;1-6-2-3(4)5/h1-6H;2-3,5H,4H2,1H3;2H2,1H3,(H,4,5). The minimum atomic E-state index is -0.933. The Kier molecular flexibility index (Phi) is 10.1. The van der Waals surface area contributed by atoms with Gasteiger partial charge in [0.25, 0.3) is 5.91 Å². The zero-order valence-electron chi connectivity index (χ0n) is 15.3. The second-order valence-corrected chi connectivity index (χ2v) is 4.85. The molecule has 28 heavy (non-hydrogen) atoms. The van der Waals surface area contributed by atoms with Gasteiger partial charge < -0.3 is 14.6 Å². The zero-order valence-corrected chi connectivity index (χ0v) is 15.3. The molecule has 150 valence electrons. The Balaban J connectivity index is 0.000000223. The van der Waals surface area contributed by atoms with Crippen LogP contribution < -0.4 is 0 Å². The van der Waals surface area contributed by atoms with Crippen molar-refractivity contribution in [2.45, 2.75) is 0 Å². The highest BCUT2D eigenvalue weighted by Gasteiger charge is 2.04. The van der Waals surface area contributed by atoms with Crippen molar-refractivity contribution in [2.24, 2.45) is 0 Å². The highest BCUT2D eigenvalue weighted by Crippen LogP contribution is 1.92. The van der Waals surface area contributed by atoms with Gasteiger partial charge in [-0.3, -0.25) is 18.5 Å². The summed E-state index contributed by atoms with van der Waals surface area (Å²) in [5.41, 5.74) is 0. The number of rotatable bonds is 4. The molecule has 0 fully saturated rings. The van der Waals surface area contributed by atoms with Crippen molar-refractivity contribution < 1.29 is 29.0 Å². The van der Waals surface area contributed by atoms with Crippen molar-refractivity contribution in [3.8, 4) is 0 Å². The molecule has 0 atom stereocenters. The highest BCUT2D eigenvalue weighted by atomic mass is 16.5. The van der Waals surface area contributed by atoms with E-state index in [1.165, 1.54) is 46.9 Å². The van der Waals surface area contributed by atoms with Crippen molar-refractivity contribution >= 4 is 17.9 Å². The van der Waals surface area contributed by atoms with E-state index < -0.39 is 5.97 Å². The number of hydrogen-bond donors (Lipinski definition) is 1. The zero-order chi connectivity index (χ0) is 20.8. The van der Waals surface area contributed by atoms with Gasteiger partial charge in [-0.15, -0.1) is 0 Å². The number of carbonyl (C=O) groups excluding carboxylic acids is 2. The fourth-order valence-corrected chi connectivity index (χ4v) is 1.61. The first kappa shape index (κ1) is 22.4. The van der Waals surface area contributed by atoms with Crippen LogP contribution in [0, 0.1) is 0 Å². The SMILES string of the molecule is COCC(=O)O.COCC(=O)n1ccnc1.O=C(n1ccnc1)n1ccnc1. The number of aliphatic carboxylic acids is 1. The second kappa shape index (κ2) is 12.7. The summed E-state index contributed by atoms with van der Waals surface area (Å²) in [6.45, 7) is -0.115. The lowest BCUT2D eigenvalue weighted by atomic mass is 10.6. The molecule has 0 bridgehead atoms. The molecule has 0 unspecified atom stereocenters. The van der Waals surface area contributed by atoms with Gasteiger partial charge in [-0.2, -0.15) is 0 Å². The number of carbonyl (C=O) groups is 3. The van der Waals surface area contributed by atoms with Crippen LogP contribution in [-0.2, 0) is 14.3 Å². The summed E-state index contributed by atoms with van der Waals surface area (Å²) < 4.78 is 13.0. The molecule has 0 amide bonds. The van der Waals surface area contributed by atoms with Crippen LogP contribution in [-0.4, -0.2) is 79.1 Å². The van der Waals surface area contributed by atoms with E-state index in [9.17, 15) is 14.4 Å². The van der Waals surface area contributed by atoms with Crippen molar-refractivity contribution in [1.82, 2.24) is 28.7 Å². The van der Waals surface area contributed by atoms with Crippen LogP contribution in [0.3, 0.4) is 0 Å². The van der Waals surface area contributed by atoms with E-state index in [0.29, 0.717) is 0 Å². The molecule has 3 aromatic heterocycles. The number of methoxy groups -OCH3 is 2. The molecule has 0 aliphatic rings. The molecular weight excluding hydrogens is 372 g/mol. The van der Waals surface area contributed by atoms with Gasteiger partial charge in [-0.25, -0.2) is 24.5 Å². The van der Waals surface area contributed by atoms with E-state index >= 15 is 0 Å². The number of aromatic nitrogens is 6. The molecule has 0 saturated carbocycles. The average molecular weight is 392 g/mol. The van der Waals surface area contributed by atoms with Gasteiger partial charge in [0, 0.05) is 51.4 Å². The fourth-order valence-electron chi connectivity index (χ4n) is 1.61. The van der Waals surface area contributed by atoms with Gasteiger partial charge in [0.05, 0.1) is 0 Å². The first-order valence-corrected chi connectivity index (χ1v) is 7.71. The van der Waals surface area contributed by atoms with Gasteiger partial charge in [0.2, 0.25) is 0 Å². The highest BCUT2D eigenvalue weighted by molar-refractivity contribution is 5.79. The molecule has 0 radical (unpaired) electrons. The van der Waals surface area contributed by atoms with Gasteiger partial charge in [0.15, 0.2) is 0 Å². The summed E-state index contributed by atoms with van der Waals surface area (Å²) in [7, 11) is 2.82. The van der Waals surface area contributed by atoms with Gasteiger partial charge in [-0.1, -0.05) is 0 Å². The average Bonchev–Trinajstić information content (AvgIpc) is 3.46. The third kappa shape index (κ3) is 8.16. The monoisotopic (exact) mass is 392 g/mol. The van der Waals surface area contributed by atoms with Crippen LogP contribution in [0.4, 0.5) is 4.79 Å². The second-order valence-electron chi connectivity index (χ2n) is 4.85. The van der Waals surface area contributed by atoms with E-state index in [2.05, 4.69) is 24.4 Å². The van der Waals surface area contributed by atoms with Crippen LogP contribution in [0.25, 0.3) is 0 Å². The van der Waals surface area contributed by atoms with Crippen LogP contribution >= 0.6 is 0 Å². The molecule has 1 N–H and O–H groups in total. The third-order valence-corrected chi connectivity index (χ3v) is 2.78. The molecule has 12 heteroatoms. The van der Waals surface area contributed by atoms with Crippen molar-refractivity contribution in [1.29, 1.82) is 0 Å². The third-order valence-electron chi connectivity index (χ3n) is 2.78. The number of ether oxygens (including phenoxy) is 2. The summed E-state index contributed by atoms with van der Waals surface area (Å²) in [4.78, 5) is 43.0. The van der Waals surface area contributed by atoms with Crippen LogP contribution in [0.1, 0.15) is 4.79 Å². The molecule has 0 aliphatic carbocycles. The largest absolute Gasteiger partial charge is 0.480 e. The minimum Gasteiger partial charge on any atom is -0.480 e. The Morgan fingerprint density at radius 2 is 1.21 bits per heavy atom. The van der Waals surface area contributed by atoms with E-state index in [1.807, 2.05) is 0 Å². The Hall–Kier alpha value is -3.64. The normalized spacial score (nSPS) is 9.50. The Bertz CT molecular complexity index is 778. The predicted octanol–water partition coefficient (Wildman–Crippen LogP) is 0.483. The smallest absolute Gasteiger partial charge is 0.338 e. The first-order valence-electron chi connectivity index (χ1n) is 7.71. The lowest BCUT2D eigenvalue weighted by molar-refractivity contribution is -0.141. The summed E-state index contributed by atoms with van der Waals surface area (Å²) in [6, 6.07) is -0.190. The summed E-state index contributed by atoms with van der Waals surface area (Å²) in [5, 5.41) is 7.79. The number of nitrogens with zero attached hydrogens (tertiary/aromatic N) is 6. The van der Waals surface area contributed by atoms with Crippen molar-refractivity contribution in [3.63, 3.8) is 0 Å². The number of carboxylic acid groups (broad SMARTS) is 1. The lowest BCUT2D eigenvalue weighted by Gasteiger charge is -1.98. The van der Waals surface area contributed by atoms with Crippen LogP contribution in [0.15, 0.2) is 56.2 Å². The summed E-state index contributed by atoms with van der Waals surface area (Å²) in [6.07, 6.45) is 13.7. The van der Waals surface area contributed by atoms with E-state index in [4.69, 9.17) is 5.11 Å². The summed E-state index contributed by atoms with van der Waals surface area (Å²) >= 11 is 0. The summed E-state index contributed by atoms with van der Waals surface area (Å²) in [5.74, 6) is -1.04. The maximum absolute atomic E-state index is 11.4. The van der Waals surface area contributed by atoms with E-state index in [-0.39, 0.29) is 25.2 Å². The minimum absolute atomic E-state index is 0.0936. The molecule has 0 saturated heterocycles. The molecule has 3 heterocycles. The quantitative estimate of drug-likeness (QED) is 0.670. The van der Waals surface area contributed by atoms with Crippen molar-refractivity contribution in [2.75, 3.05) is 27.4 Å². The molecule has 3 aromatic rings. The predicted molar refractivity (Wildman–Crippen MR) is 94.9 cm³/mol. The van der Waals surface area contributed by atoms with Crippen molar-refractivity contribution in [3.05, 3.63) is 56.2 Å². The van der Waals surface area contributed by atoms with Crippen LogP contribution in [0.2, 0.25) is 0 Å². The molecule has 0 aromatic carbocycles. The van der Waals surface area contributed by atoms with E-state index in [1.54, 1.807) is 37.2 Å². The Morgan fingerprint density at radius 3 is 1.50 bits per heavy atom. The number of hydrogen-bond acceptors (Lipinski definition) is 8. The molecular formula is C16H20N6O6. The molecule has 12 nitrogen and oxygen atoms in total. The molecule has 3 rings (SSSR count). The molecule has 0 spiro atoms. The molecule has 0 aliphatic heterocycles. The fraction of sp³-hybridized carbons (Fsp3) is 0.250. The van der Waals surface area contributed by atoms with Gasteiger partial charge in [-0.05, 0) is 0 Å². The maximum atomic E-state index is 11.4. The van der Waals surface area contributed by atoms with Gasteiger partial charge >= 0.3 is 12.0 Å². The van der Waals surface area contributed by atoms with Gasteiger partial charge in [0.1, 0.15) is 32.2 Å². The number of imidazole rings is 3. The Labute approximate surface area is 160 Å². The topological polar surface area (TPSA) is 143 Å². The van der Waals surface area contributed by atoms with Crippen LogP contribution in [0.5, 0.6) is 0 Å². The maximum Gasteiger partial charge on any atom is 0.338 e. The van der Waals surface area contributed by atoms with E-state index in [0.717, 1.165) is 0 Å². The number of carboxylic acids is 1. The Morgan fingerprint density at radius 1 is 0.786 bits per heavy atom.